The van der Waals surface area contributed by atoms with Gasteiger partial charge in [0.2, 0.25) is 10.0 Å². The minimum atomic E-state index is -3.63. The fraction of sp³-hybridized carbons (Fsp3) is 0.400. The van der Waals surface area contributed by atoms with Crippen LogP contribution in [0.5, 0.6) is 0 Å². The third-order valence-electron chi connectivity index (χ3n) is 2.03. The maximum atomic E-state index is 12.9. The summed E-state index contributed by atoms with van der Waals surface area (Å²) in [4.78, 5) is 0. The Hall–Kier alpha value is -0.230. The number of hydrogen-bond donors (Lipinski definition) is 1. The van der Waals surface area contributed by atoms with Crippen molar-refractivity contribution < 1.29 is 12.8 Å². The molecule has 18 heavy (non-hydrogen) atoms. The number of halogens is 4. The third-order valence-corrected chi connectivity index (χ3v) is 4.68. The van der Waals surface area contributed by atoms with Gasteiger partial charge in [0.1, 0.15) is 5.82 Å². The summed E-state index contributed by atoms with van der Waals surface area (Å²) < 4.78 is 38.7. The standard InChI is InChI=1S/C10H11Cl3FNO2S/c1-6(4-11)5-18(16,17)15-10-8(12)2-7(14)3-9(10)13/h2-3,6,15H,4-5H2,1H3. The van der Waals surface area contributed by atoms with E-state index in [9.17, 15) is 12.8 Å². The van der Waals surface area contributed by atoms with Crippen molar-refractivity contribution in [2.24, 2.45) is 5.92 Å². The molecule has 0 bridgehead atoms. The van der Waals surface area contributed by atoms with Crippen molar-refractivity contribution >= 4 is 50.5 Å². The predicted molar refractivity (Wildman–Crippen MR) is 73.7 cm³/mol. The Balaban J connectivity index is 2.98. The summed E-state index contributed by atoms with van der Waals surface area (Å²) in [5, 5.41) is -0.191. The summed E-state index contributed by atoms with van der Waals surface area (Å²) in [7, 11) is -3.63. The van der Waals surface area contributed by atoms with Gasteiger partial charge in [-0.05, 0) is 18.1 Å². The summed E-state index contributed by atoms with van der Waals surface area (Å²) in [6.07, 6.45) is 0. The molecule has 0 amide bonds. The van der Waals surface area contributed by atoms with E-state index in [1.165, 1.54) is 0 Å². The molecule has 3 nitrogen and oxygen atoms in total. The van der Waals surface area contributed by atoms with Crippen molar-refractivity contribution in [3.63, 3.8) is 0 Å². The van der Waals surface area contributed by atoms with Crippen molar-refractivity contribution in [3.05, 3.63) is 28.0 Å². The molecule has 0 fully saturated rings. The molecule has 1 unspecified atom stereocenters. The number of benzene rings is 1. The largest absolute Gasteiger partial charge is 0.281 e. The van der Waals surface area contributed by atoms with Crippen LogP contribution < -0.4 is 4.72 Å². The quantitative estimate of drug-likeness (QED) is 0.834. The molecule has 1 rings (SSSR count). The van der Waals surface area contributed by atoms with Gasteiger partial charge in [0.05, 0.1) is 21.5 Å². The second-order valence-corrected chi connectivity index (χ2v) is 6.78. The zero-order valence-corrected chi connectivity index (χ0v) is 12.5. The van der Waals surface area contributed by atoms with Crippen LogP contribution in [-0.4, -0.2) is 20.1 Å². The van der Waals surface area contributed by atoms with Gasteiger partial charge in [-0.1, -0.05) is 30.1 Å². The molecule has 0 radical (unpaired) electrons. The van der Waals surface area contributed by atoms with E-state index < -0.39 is 15.8 Å². The minimum Gasteiger partial charge on any atom is -0.281 e. The zero-order chi connectivity index (χ0) is 13.9. The van der Waals surface area contributed by atoms with Crippen molar-refractivity contribution in [1.82, 2.24) is 0 Å². The van der Waals surface area contributed by atoms with Crippen LogP contribution in [-0.2, 0) is 10.0 Å². The zero-order valence-electron chi connectivity index (χ0n) is 9.38. The summed E-state index contributed by atoms with van der Waals surface area (Å²) >= 11 is 17.0. The highest BCUT2D eigenvalue weighted by atomic mass is 35.5. The highest BCUT2D eigenvalue weighted by Crippen LogP contribution is 2.32. The number of anilines is 1. The summed E-state index contributed by atoms with van der Waals surface area (Å²) in [6.45, 7) is 1.69. The lowest BCUT2D eigenvalue weighted by atomic mass is 10.3. The summed E-state index contributed by atoms with van der Waals surface area (Å²) in [5.74, 6) is -0.809. The molecule has 0 aliphatic heterocycles. The summed E-state index contributed by atoms with van der Waals surface area (Å²) in [6, 6.07) is 1.96. The van der Waals surface area contributed by atoms with E-state index in [2.05, 4.69) is 4.72 Å². The highest BCUT2D eigenvalue weighted by Gasteiger charge is 2.18. The van der Waals surface area contributed by atoms with Crippen molar-refractivity contribution in [3.8, 4) is 0 Å². The third kappa shape index (κ3) is 4.46. The first kappa shape index (κ1) is 15.8. The fourth-order valence-corrected chi connectivity index (χ4v) is 3.64. The molecule has 1 aromatic carbocycles. The Bertz CT molecular complexity index is 513. The number of sulfonamides is 1. The van der Waals surface area contributed by atoms with Crippen molar-refractivity contribution in [1.29, 1.82) is 0 Å². The van der Waals surface area contributed by atoms with Crippen LogP contribution in [0.3, 0.4) is 0 Å². The monoisotopic (exact) mass is 333 g/mol. The second-order valence-electron chi connectivity index (χ2n) is 3.89. The van der Waals surface area contributed by atoms with E-state index in [0.29, 0.717) is 0 Å². The van der Waals surface area contributed by atoms with Gasteiger partial charge in [0.15, 0.2) is 0 Å². The molecule has 1 N–H and O–H groups in total. The molecule has 102 valence electrons. The molecular formula is C10H11Cl3FNO2S. The first-order valence-electron chi connectivity index (χ1n) is 4.96. The van der Waals surface area contributed by atoms with E-state index in [1.54, 1.807) is 6.92 Å². The lowest BCUT2D eigenvalue weighted by Gasteiger charge is -2.13. The topological polar surface area (TPSA) is 46.2 Å². The average molecular weight is 335 g/mol. The van der Waals surface area contributed by atoms with Crippen LogP contribution in [0.25, 0.3) is 0 Å². The Morgan fingerprint density at radius 1 is 1.33 bits per heavy atom. The molecule has 1 aromatic rings. The van der Waals surface area contributed by atoms with Crippen LogP contribution >= 0.6 is 34.8 Å². The van der Waals surface area contributed by atoms with Crippen molar-refractivity contribution in [2.75, 3.05) is 16.4 Å². The Morgan fingerprint density at radius 2 is 1.83 bits per heavy atom. The van der Waals surface area contributed by atoms with Crippen molar-refractivity contribution in [2.45, 2.75) is 6.92 Å². The van der Waals surface area contributed by atoms with Gasteiger partial charge in [-0.2, -0.15) is 0 Å². The first-order valence-corrected chi connectivity index (χ1v) is 7.90. The molecule has 1 atom stereocenters. The van der Waals surface area contributed by atoms with Gasteiger partial charge in [-0.15, -0.1) is 11.6 Å². The molecule has 8 heteroatoms. The Kier molecular flexibility index (Phi) is 5.52. The first-order chi connectivity index (χ1) is 8.25. The molecule has 0 aliphatic carbocycles. The van der Waals surface area contributed by atoms with Gasteiger partial charge < -0.3 is 0 Å². The van der Waals surface area contributed by atoms with Gasteiger partial charge >= 0.3 is 0 Å². The predicted octanol–water partition coefficient (Wildman–Crippen LogP) is 3.75. The Labute approximate surface area is 120 Å². The molecule has 0 spiro atoms. The number of hydrogen-bond acceptors (Lipinski definition) is 2. The van der Waals surface area contributed by atoms with Gasteiger partial charge in [0.25, 0.3) is 0 Å². The summed E-state index contributed by atoms with van der Waals surface area (Å²) in [5.41, 5.74) is -0.0264. The maximum Gasteiger partial charge on any atom is 0.233 e. The highest BCUT2D eigenvalue weighted by molar-refractivity contribution is 7.92. The molecule has 0 heterocycles. The van der Waals surface area contributed by atoms with Gasteiger partial charge in [0, 0.05) is 5.88 Å². The molecule has 0 saturated carbocycles. The minimum absolute atomic E-state index is 0.0264. The van der Waals surface area contributed by atoms with Crippen LogP contribution in [0.2, 0.25) is 10.0 Å². The van der Waals surface area contributed by atoms with E-state index in [-0.39, 0.29) is 33.3 Å². The smallest absolute Gasteiger partial charge is 0.233 e. The molecular weight excluding hydrogens is 324 g/mol. The Morgan fingerprint density at radius 3 is 2.28 bits per heavy atom. The maximum absolute atomic E-state index is 12.9. The van der Waals surface area contributed by atoms with Crippen LogP contribution in [0.1, 0.15) is 6.92 Å². The van der Waals surface area contributed by atoms with Gasteiger partial charge in [-0.3, -0.25) is 4.72 Å². The molecule has 0 aliphatic rings. The van der Waals surface area contributed by atoms with Crippen LogP contribution in [0.4, 0.5) is 10.1 Å². The number of rotatable bonds is 5. The van der Waals surface area contributed by atoms with E-state index in [0.717, 1.165) is 12.1 Å². The second kappa shape index (κ2) is 6.28. The van der Waals surface area contributed by atoms with Crippen LogP contribution in [0, 0.1) is 11.7 Å². The molecule has 0 aromatic heterocycles. The lowest BCUT2D eigenvalue weighted by molar-refractivity contribution is 0.588. The van der Waals surface area contributed by atoms with Crippen LogP contribution in [0.15, 0.2) is 12.1 Å². The normalized spacial score (nSPS) is 13.4. The van der Waals surface area contributed by atoms with E-state index in [1.807, 2.05) is 0 Å². The van der Waals surface area contributed by atoms with Gasteiger partial charge in [-0.25, -0.2) is 12.8 Å². The van der Waals surface area contributed by atoms with E-state index in [4.69, 9.17) is 34.8 Å². The fourth-order valence-electron chi connectivity index (χ4n) is 1.26. The lowest BCUT2D eigenvalue weighted by Crippen LogP contribution is -2.22. The molecule has 0 saturated heterocycles. The van der Waals surface area contributed by atoms with E-state index >= 15 is 0 Å². The number of alkyl halides is 1. The SMILES string of the molecule is CC(CCl)CS(=O)(=O)Nc1c(Cl)cc(F)cc1Cl. The number of nitrogens with one attached hydrogen (secondary N) is 1. The average Bonchev–Trinajstić information content (AvgIpc) is 2.22.